The summed E-state index contributed by atoms with van der Waals surface area (Å²) in [4.78, 5) is 13.6. The first-order valence-corrected chi connectivity index (χ1v) is 8.27. The first-order chi connectivity index (χ1) is 10.8. The molecule has 0 bridgehead atoms. The predicted molar refractivity (Wildman–Crippen MR) is 84.0 cm³/mol. The van der Waals surface area contributed by atoms with Crippen molar-refractivity contribution in [2.75, 3.05) is 25.6 Å². The van der Waals surface area contributed by atoms with Crippen molar-refractivity contribution in [1.29, 1.82) is 0 Å². The van der Waals surface area contributed by atoms with Crippen LogP contribution in [0.15, 0.2) is 0 Å². The number of carbonyl (C=O) groups excluding carboxylic acids is 1. The van der Waals surface area contributed by atoms with E-state index in [-0.39, 0.29) is 19.0 Å². The molecule has 0 saturated carbocycles. The molecule has 0 aromatic rings. The molecule has 1 rings (SSSR count). The molecule has 0 spiro atoms. The zero-order chi connectivity index (χ0) is 17.6. The fourth-order valence-electron chi connectivity index (χ4n) is 2.34. The van der Waals surface area contributed by atoms with Gasteiger partial charge in [0.25, 0.3) is 0 Å². The number of alkyl halides is 1. The van der Waals surface area contributed by atoms with Crippen molar-refractivity contribution in [3.63, 3.8) is 0 Å². The Labute approximate surface area is 141 Å². The number of aliphatic hydroxyl groups is 4. The average Bonchev–Trinajstić information content (AvgIpc) is 2.52. The molecular formula is C14H27ClN2O6. The van der Waals surface area contributed by atoms with E-state index in [1.54, 1.807) is 0 Å². The SMILES string of the molecule is CC(C)CCN(C(=O)NCCCl)C1O[C@H](CO)[C@H](O)[C@H](O)[C@H]1O. The number of nitrogens with zero attached hydrogens (tertiary/aromatic N) is 1. The van der Waals surface area contributed by atoms with Gasteiger partial charge in [0.1, 0.15) is 24.4 Å². The van der Waals surface area contributed by atoms with Crippen LogP contribution in [0.5, 0.6) is 0 Å². The van der Waals surface area contributed by atoms with Gasteiger partial charge in [0.2, 0.25) is 0 Å². The second-order valence-electron chi connectivity index (χ2n) is 6.02. The molecule has 0 aromatic carbocycles. The normalized spacial score (nSPS) is 31.2. The topological polar surface area (TPSA) is 122 Å². The zero-order valence-corrected chi connectivity index (χ0v) is 14.2. The minimum absolute atomic E-state index is 0.235. The summed E-state index contributed by atoms with van der Waals surface area (Å²) in [5, 5.41) is 41.7. The molecule has 23 heavy (non-hydrogen) atoms. The summed E-state index contributed by atoms with van der Waals surface area (Å²) < 4.78 is 5.45. The van der Waals surface area contributed by atoms with E-state index in [0.717, 1.165) is 0 Å². The van der Waals surface area contributed by atoms with Gasteiger partial charge >= 0.3 is 6.03 Å². The van der Waals surface area contributed by atoms with Crippen LogP contribution < -0.4 is 5.32 Å². The number of hydrogen-bond donors (Lipinski definition) is 5. The molecule has 5 atom stereocenters. The molecule has 1 heterocycles. The number of hydrogen-bond acceptors (Lipinski definition) is 6. The number of rotatable bonds is 7. The molecule has 1 aliphatic rings. The molecule has 0 radical (unpaired) electrons. The fraction of sp³-hybridized carbons (Fsp3) is 0.929. The Morgan fingerprint density at radius 1 is 1.26 bits per heavy atom. The van der Waals surface area contributed by atoms with E-state index in [9.17, 15) is 25.2 Å². The smallest absolute Gasteiger partial charge is 0.319 e. The van der Waals surface area contributed by atoms with Crippen LogP contribution in [0.3, 0.4) is 0 Å². The van der Waals surface area contributed by atoms with Gasteiger partial charge in [0.05, 0.1) is 6.61 Å². The monoisotopic (exact) mass is 354 g/mol. The van der Waals surface area contributed by atoms with Crippen LogP contribution in [0.2, 0.25) is 0 Å². The quantitative estimate of drug-likeness (QED) is 0.377. The first kappa shape index (κ1) is 20.4. The number of nitrogens with one attached hydrogen (secondary N) is 1. The zero-order valence-electron chi connectivity index (χ0n) is 13.4. The minimum atomic E-state index is -1.52. The maximum Gasteiger partial charge on any atom is 0.319 e. The van der Waals surface area contributed by atoms with Crippen molar-refractivity contribution in [2.24, 2.45) is 5.92 Å². The Hall–Kier alpha value is -0.640. The highest BCUT2D eigenvalue weighted by Gasteiger charge is 2.46. The van der Waals surface area contributed by atoms with Gasteiger partial charge in [-0.15, -0.1) is 11.6 Å². The summed E-state index contributed by atoms with van der Waals surface area (Å²) in [6, 6.07) is -0.490. The van der Waals surface area contributed by atoms with Gasteiger partial charge in [-0.25, -0.2) is 4.79 Å². The van der Waals surface area contributed by atoms with E-state index in [0.29, 0.717) is 12.3 Å². The van der Waals surface area contributed by atoms with Crippen molar-refractivity contribution in [1.82, 2.24) is 10.2 Å². The number of halogens is 1. The van der Waals surface area contributed by atoms with E-state index < -0.39 is 43.3 Å². The average molecular weight is 355 g/mol. The van der Waals surface area contributed by atoms with Gasteiger partial charge in [0, 0.05) is 19.0 Å². The van der Waals surface area contributed by atoms with Gasteiger partial charge in [0.15, 0.2) is 6.23 Å². The summed E-state index contributed by atoms with van der Waals surface area (Å²) in [7, 11) is 0. The molecule has 1 unspecified atom stereocenters. The Balaban J connectivity index is 2.91. The summed E-state index contributed by atoms with van der Waals surface area (Å²) in [5.41, 5.74) is 0. The van der Waals surface area contributed by atoms with Crippen molar-refractivity contribution >= 4 is 17.6 Å². The number of urea groups is 1. The minimum Gasteiger partial charge on any atom is -0.394 e. The molecule has 8 nitrogen and oxygen atoms in total. The highest BCUT2D eigenvalue weighted by molar-refractivity contribution is 6.18. The second kappa shape index (κ2) is 9.61. The lowest BCUT2D eigenvalue weighted by atomic mass is 9.97. The molecule has 1 saturated heterocycles. The van der Waals surface area contributed by atoms with Crippen molar-refractivity contribution in [3.8, 4) is 0 Å². The van der Waals surface area contributed by atoms with Crippen LogP contribution in [0.25, 0.3) is 0 Å². The Kier molecular flexibility index (Phi) is 8.52. The van der Waals surface area contributed by atoms with Gasteiger partial charge < -0.3 is 30.5 Å². The number of carbonyl (C=O) groups is 1. The maximum absolute atomic E-state index is 12.3. The van der Waals surface area contributed by atoms with Crippen LogP contribution in [-0.4, -0.2) is 87.6 Å². The maximum atomic E-state index is 12.3. The van der Waals surface area contributed by atoms with E-state index in [1.165, 1.54) is 4.90 Å². The Morgan fingerprint density at radius 3 is 2.43 bits per heavy atom. The standard InChI is InChI=1S/C14H27ClN2O6/c1-8(2)3-6-17(14(22)16-5-4-15)13-12(21)11(20)10(19)9(7-18)23-13/h8-13,18-21H,3-7H2,1-2H3,(H,16,22)/t9-,10+,11+,12-,13?/m1/s1. The highest BCUT2D eigenvalue weighted by atomic mass is 35.5. The van der Waals surface area contributed by atoms with Gasteiger partial charge in [-0.1, -0.05) is 13.8 Å². The molecule has 1 fully saturated rings. The molecule has 2 amide bonds. The third kappa shape index (κ3) is 5.44. The number of ether oxygens (including phenoxy) is 1. The van der Waals surface area contributed by atoms with Crippen molar-refractivity contribution in [3.05, 3.63) is 0 Å². The predicted octanol–water partition coefficient (Wildman–Crippen LogP) is -0.917. The van der Waals surface area contributed by atoms with Crippen LogP contribution in [0.4, 0.5) is 4.79 Å². The molecular weight excluding hydrogens is 328 g/mol. The highest BCUT2D eigenvalue weighted by Crippen LogP contribution is 2.24. The molecule has 9 heteroatoms. The third-order valence-electron chi connectivity index (χ3n) is 3.75. The lowest BCUT2D eigenvalue weighted by molar-refractivity contribution is -0.257. The van der Waals surface area contributed by atoms with Gasteiger partial charge in [-0.3, -0.25) is 4.90 Å². The van der Waals surface area contributed by atoms with Crippen molar-refractivity contribution in [2.45, 2.75) is 50.9 Å². The summed E-state index contributed by atoms with van der Waals surface area (Å²) in [6.07, 6.45) is -6.02. The molecule has 0 aliphatic carbocycles. The second-order valence-corrected chi connectivity index (χ2v) is 6.39. The Bertz CT molecular complexity index is 371. The number of aliphatic hydroxyl groups excluding tert-OH is 4. The summed E-state index contributed by atoms with van der Waals surface area (Å²) in [6.45, 7) is 3.97. The van der Waals surface area contributed by atoms with Crippen molar-refractivity contribution < 1.29 is 30.0 Å². The lowest BCUT2D eigenvalue weighted by Crippen LogP contribution is -2.65. The largest absolute Gasteiger partial charge is 0.394 e. The lowest BCUT2D eigenvalue weighted by Gasteiger charge is -2.44. The molecule has 5 N–H and O–H groups in total. The molecule has 136 valence electrons. The number of amides is 2. The fourth-order valence-corrected chi connectivity index (χ4v) is 2.43. The van der Waals surface area contributed by atoms with Crippen LogP contribution in [0.1, 0.15) is 20.3 Å². The first-order valence-electron chi connectivity index (χ1n) is 7.74. The van der Waals surface area contributed by atoms with E-state index in [2.05, 4.69) is 5.32 Å². The molecule has 1 aliphatic heterocycles. The van der Waals surface area contributed by atoms with Crippen LogP contribution >= 0.6 is 11.6 Å². The summed E-state index contributed by atoms with van der Waals surface area (Å²) in [5.74, 6) is 0.543. The Morgan fingerprint density at radius 2 is 1.91 bits per heavy atom. The van der Waals surface area contributed by atoms with E-state index in [4.69, 9.17) is 16.3 Å². The van der Waals surface area contributed by atoms with Crippen LogP contribution in [0, 0.1) is 5.92 Å². The van der Waals surface area contributed by atoms with Gasteiger partial charge in [-0.2, -0.15) is 0 Å². The summed E-state index contributed by atoms with van der Waals surface area (Å²) >= 11 is 5.56. The third-order valence-corrected chi connectivity index (χ3v) is 3.94. The molecule has 0 aromatic heterocycles. The van der Waals surface area contributed by atoms with Crippen LogP contribution in [-0.2, 0) is 4.74 Å². The van der Waals surface area contributed by atoms with E-state index >= 15 is 0 Å². The van der Waals surface area contributed by atoms with E-state index in [1.807, 2.05) is 13.8 Å². The van der Waals surface area contributed by atoms with Gasteiger partial charge in [-0.05, 0) is 12.3 Å².